The molecule has 0 heterocycles. The summed E-state index contributed by atoms with van der Waals surface area (Å²) in [5.74, 6) is -3.54. The number of hydrogen-bond donors (Lipinski definition) is 4. The molecule has 2 unspecified atom stereocenters. The molecular weight excluding hydrogens is 176 g/mol. The summed E-state index contributed by atoms with van der Waals surface area (Å²) < 4.78 is 0. The predicted molar refractivity (Wildman–Crippen MR) is 37.7 cm³/mol. The monoisotopic (exact) mass is 184 g/mol. The third-order valence-electron chi connectivity index (χ3n) is 0.805. The second kappa shape index (κ2) is 4.94. The minimum absolute atomic E-state index is 0. The van der Waals surface area contributed by atoms with E-state index in [-0.39, 0.29) is 13.5 Å². The molecule has 0 rings (SSSR count). The molecule has 0 saturated carbocycles. The third-order valence-corrected chi connectivity index (χ3v) is 0.805. The van der Waals surface area contributed by atoms with Gasteiger partial charge in [0.1, 0.15) is 0 Å². The van der Waals surface area contributed by atoms with Crippen LogP contribution in [0.5, 0.6) is 0 Å². The van der Waals surface area contributed by atoms with Gasteiger partial charge in [0.05, 0.1) is 0 Å². The molecule has 0 aromatic rings. The highest BCUT2D eigenvalue weighted by atomic mass is 32.1. The van der Waals surface area contributed by atoms with Gasteiger partial charge in [-0.25, -0.2) is 9.59 Å². The second-order valence-corrected chi connectivity index (χ2v) is 1.57. The molecule has 7 heteroatoms. The molecule has 6 nitrogen and oxygen atoms in total. The molecule has 0 aromatic heterocycles. The molecule has 11 heavy (non-hydrogen) atoms. The van der Waals surface area contributed by atoms with E-state index in [2.05, 4.69) is 0 Å². The molecule has 0 amide bonds. The Hall–Kier alpha value is -0.790. The summed E-state index contributed by atoms with van der Waals surface area (Å²) in [4.78, 5) is 19.5. The van der Waals surface area contributed by atoms with Crippen molar-refractivity contribution in [3.63, 3.8) is 0 Å². The lowest BCUT2D eigenvalue weighted by atomic mass is 10.2. The molecule has 0 aliphatic rings. The van der Waals surface area contributed by atoms with Gasteiger partial charge in [-0.1, -0.05) is 0 Å². The summed E-state index contributed by atoms with van der Waals surface area (Å²) in [6.45, 7) is 0. The maximum atomic E-state index is 9.77. The van der Waals surface area contributed by atoms with Gasteiger partial charge in [0, 0.05) is 0 Å². The maximum absolute atomic E-state index is 9.77. The number of aliphatic carboxylic acids is 2. The lowest BCUT2D eigenvalue weighted by Gasteiger charge is -2.07. The van der Waals surface area contributed by atoms with E-state index in [4.69, 9.17) is 20.4 Å². The van der Waals surface area contributed by atoms with Crippen molar-refractivity contribution in [2.45, 2.75) is 12.2 Å². The molecule has 0 fully saturated rings. The standard InChI is InChI=1S/C4H6O6.H2S/c5-1(3(7)8)2(6)4(9)10;/h1-2,5-6H,(H,7,8)(H,9,10);1H2. The average molecular weight is 184 g/mol. The van der Waals surface area contributed by atoms with E-state index in [1.807, 2.05) is 0 Å². The highest BCUT2D eigenvalue weighted by Gasteiger charge is 2.29. The first-order valence-corrected chi connectivity index (χ1v) is 2.28. The fourth-order valence-electron chi connectivity index (χ4n) is 0.270. The minimum Gasteiger partial charge on any atom is -0.479 e. The summed E-state index contributed by atoms with van der Waals surface area (Å²) in [5, 5.41) is 32.5. The van der Waals surface area contributed by atoms with E-state index in [9.17, 15) is 9.59 Å². The summed E-state index contributed by atoms with van der Waals surface area (Å²) >= 11 is 0. The van der Waals surface area contributed by atoms with Crippen LogP contribution in [-0.4, -0.2) is 44.6 Å². The number of aliphatic hydroxyl groups excluding tert-OH is 2. The summed E-state index contributed by atoms with van der Waals surface area (Å²) in [5.41, 5.74) is 0. The van der Waals surface area contributed by atoms with Crippen LogP contribution in [0.2, 0.25) is 0 Å². The Bertz CT molecular complexity index is 139. The summed E-state index contributed by atoms with van der Waals surface area (Å²) in [6, 6.07) is 0. The molecule has 0 spiro atoms. The van der Waals surface area contributed by atoms with Gasteiger partial charge in [-0.15, -0.1) is 0 Å². The van der Waals surface area contributed by atoms with Gasteiger partial charge in [-0.3, -0.25) is 0 Å². The minimum atomic E-state index is -2.27. The summed E-state index contributed by atoms with van der Waals surface area (Å²) in [7, 11) is 0. The quantitative estimate of drug-likeness (QED) is 0.403. The molecule has 0 aliphatic carbocycles. The zero-order valence-corrected chi connectivity index (χ0v) is 6.26. The molecule has 0 saturated heterocycles. The van der Waals surface area contributed by atoms with E-state index < -0.39 is 24.1 Å². The Balaban J connectivity index is 0. The van der Waals surface area contributed by atoms with E-state index in [0.29, 0.717) is 0 Å². The zero-order chi connectivity index (χ0) is 8.31. The van der Waals surface area contributed by atoms with Crippen molar-refractivity contribution < 1.29 is 30.0 Å². The number of carbonyl (C=O) groups is 2. The largest absolute Gasteiger partial charge is 0.479 e. The van der Waals surface area contributed by atoms with Crippen LogP contribution in [0.4, 0.5) is 0 Å². The van der Waals surface area contributed by atoms with E-state index >= 15 is 0 Å². The smallest absolute Gasteiger partial charge is 0.335 e. The van der Waals surface area contributed by atoms with E-state index in [1.54, 1.807) is 0 Å². The van der Waals surface area contributed by atoms with Crippen LogP contribution in [0.25, 0.3) is 0 Å². The van der Waals surface area contributed by atoms with Gasteiger partial charge in [-0.05, 0) is 0 Å². The first-order chi connectivity index (χ1) is 4.46. The molecular formula is C4H8O6S. The van der Waals surface area contributed by atoms with Crippen molar-refractivity contribution in [3.05, 3.63) is 0 Å². The van der Waals surface area contributed by atoms with Gasteiger partial charge in [0.15, 0.2) is 12.2 Å². The lowest BCUT2D eigenvalue weighted by Crippen LogP contribution is -2.39. The fourth-order valence-corrected chi connectivity index (χ4v) is 0.270. The molecule has 0 bridgehead atoms. The van der Waals surface area contributed by atoms with Gasteiger partial charge >= 0.3 is 11.9 Å². The van der Waals surface area contributed by atoms with Crippen molar-refractivity contribution in [1.82, 2.24) is 0 Å². The molecule has 66 valence electrons. The van der Waals surface area contributed by atoms with Crippen LogP contribution in [0.15, 0.2) is 0 Å². The molecule has 0 radical (unpaired) electrons. The predicted octanol–water partition coefficient (Wildman–Crippen LogP) is -2.01. The van der Waals surface area contributed by atoms with Crippen LogP contribution in [0, 0.1) is 0 Å². The topological polar surface area (TPSA) is 115 Å². The Kier molecular flexibility index (Phi) is 5.77. The number of rotatable bonds is 3. The fraction of sp³-hybridized carbons (Fsp3) is 0.500. The van der Waals surface area contributed by atoms with Crippen LogP contribution in [-0.2, 0) is 9.59 Å². The second-order valence-electron chi connectivity index (χ2n) is 1.57. The highest BCUT2D eigenvalue weighted by molar-refractivity contribution is 7.59. The van der Waals surface area contributed by atoms with Gasteiger partial charge < -0.3 is 20.4 Å². The van der Waals surface area contributed by atoms with Crippen molar-refractivity contribution in [2.75, 3.05) is 0 Å². The van der Waals surface area contributed by atoms with Crippen molar-refractivity contribution in [1.29, 1.82) is 0 Å². The van der Waals surface area contributed by atoms with Gasteiger partial charge in [-0.2, -0.15) is 13.5 Å². The van der Waals surface area contributed by atoms with Gasteiger partial charge in [0.25, 0.3) is 0 Å². The van der Waals surface area contributed by atoms with E-state index in [1.165, 1.54) is 0 Å². The Morgan fingerprint density at radius 3 is 1.18 bits per heavy atom. The SMILES string of the molecule is O=C(O)C(O)C(O)C(=O)O.S. The highest BCUT2D eigenvalue weighted by Crippen LogP contribution is 1.92. The normalized spacial score (nSPS) is 14.4. The first kappa shape index (κ1) is 12.8. The van der Waals surface area contributed by atoms with E-state index in [0.717, 1.165) is 0 Å². The summed E-state index contributed by atoms with van der Waals surface area (Å²) in [6.07, 6.45) is -4.53. The Morgan fingerprint density at radius 2 is 1.09 bits per heavy atom. The zero-order valence-electron chi connectivity index (χ0n) is 5.26. The maximum Gasteiger partial charge on any atom is 0.335 e. The van der Waals surface area contributed by atoms with Crippen LogP contribution in [0.3, 0.4) is 0 Å². The van der Waals surface area contributed by atoms with Crippen LogP contribution in [0.1, 0.15) is 0 Å². The van der Waals surface area contributed by atoms with Crippen LogP contribution < -0.4 is 0 Å². The number of aliphatic hydroxyl groups is 2. The Morgan fingerprint density at radius 1 is 0.909 bits per heavy atom. The molecule has 4 N–H and O–H groups in total. The van der Waals surface area contributed by atoms with Crippen molar-refractivity contribution >= 4 is 25.4 Å². The van der Waals surface area contributed by atoms with Crippen molar-refractivity contribution in [2.24, 2.45) is 0 Å². The average Bonchev–Trinajstić information content (AvgIpc) is 1.84. The number of carboxylic acid groups (broad SMARTS) is 2. The molecule has 0 aliphatic heterocycles. The lowest BCUT2D eigenvalue weighted by molar-refractivity contribution is -0.165. The number of hydrogen-bond acceptors (Lipinski definition) is 4. The Labute approximate surface area is 68.5 Å². The number of carboxylic acids is 2. The first-order valence-electron chi connectivity index (χ1n) is 2.28. The van der Waals surface area contributed by atoms with Gasteiger partial charge in [0.2, 0.25) is 0 Å². The molecule has 2 atom stereocenters. The molecule has 0 aromatic carbocycles. The third kappa shape index (κ3) is 3.81. The van der Waals surface area contributed by atoms with Crippen molar-refractivity contribution in [3.8, 4) is 0 Å². The van der Waals surface area contributed by atoms with Crippen LogP contribution >= 0.6 is 13.5 Å².